The van der Waals surface area contributed by atoms with Gasteiger partial charge in [-0.3, -0.25) is 4.68 Å². The lowest BCUT2D eigenvalue weighted by Crippen LogP contribution is -2.40. The lowest BCUT2D eigenvalue weighted by atomic mass is 10.1. The summed E-state index contributed by atoms with van der Waals surface area (Å²) in [5.41, 5.74) is 0.953. The topological polar surface area (TPSA) is 63.8 Å². The normalized spacial score (nSPS) is 17.7. The van der Waals surface area contributed by atoms with Crippen LogP contribution in [0.15, 0.2) is 18.5 Å². The fraction of sp³-hybridized carbons (Fsp3) is 0.615. The molecule has 7 heteroatoms. The summed E-state index contributed by atoms with van der Waals surface area (Å²) in [4.78, 5) is 2.37. The highest BCUT2D eigenvalue weighted by Crippen LogP contribution is 2.09. The van der Waals surface area contributed by atoms with E-state index in [2.05, 4.69) is 32.7 Å². The van der Waals surface area contributed by atoms with Crippen molar-refractivity contribution in [3.8, 4) is 5.82 Å². The van der Waals surface area contributed by atoms with E-state index in [-0.39, 0.29) is 0 Å². The fourth-order valence-corrected chi connectivity index (χ4v) is 2.48. The number of piperidine rings is 1. The number of rotatable bonds is 4. The van der Waals surface area contributed by atoms with Gasteiger partial charge < -0.3 is 10.2 Å². The third kappa shape index (κ3) is 3.05. The maximum Gasteiger partial charge on any atom is 0.176 e. The molecule has 1 N–H and O–H groups in total. The smallest absolute Gasteiger partial charge is 0.176 e. The minimum absolute atomic E-state index is 0.589. The molecule has 1 saturated heterocycles. The van der Waals surface area contributed by atoms with Gasteiger partial charge in [0.25, 0.3) is 0 Å². The predicted octanol–water partition coefficient (Wildman–Crippen LogP) is 0.185. The molecule has 2 aromatic rings. The Morgan fingerprint density at radius 3 is 2.80 bits per heavy atom. The summed E-state index contributed by atoms with van der Waals surface area (Å²) in [6.45, 7) is 3.10. The summed E-state index contributed by atoms with van der Waals surface area (Å²) in [5, 5.41) is 16.2. The molecule has 0 radical (unpaired) electrons. The number of hydrogen-bond donors (Lipinski definition) is 1. The molecule has 20 heavy (non-hydrogen) atoms. The summed E-state index contributed by atoms with van der Waals surface area (Å²) in [5.74, 6) is 0.797. The monoisotopic (exact) mass is 275 g/mol. The molecular formula is C13H21N7. The van der Waals surface area contributed by atoms with E-state index in [0.717, 1.165) is 31.1 Å². The first kappa shape index (κ1) is 13.3. The molecule has 3 rings (SSSR count). The molecule has 0 saturated carbocycles. The van der Waals surface area contributed by atoms with Gasteiger partial charge >= 0.3 is 0 Å². The van der Waals surface area contributed by atoms with Crippen LogP contribution < -0.4 is 5.32 Å². The van der Waals surface area contributed by atoms with Crippen LogP contribution in [0, 0.1) is 0 Å². The fourth-order valence-electron chi connectivity index (χ4n) is 2.48. The highest BCUT2D eigenvalue weighted by atomic mass is 15.5. The molecule has 1 aliphatic heterocycles. The van der Waals surface area contributed by atoms with Gasteiger partial charge in [0.2, 0.25) is 0 Å². The Bertz CT molecular complexity index is 551. The van der Waals surface area contributed by atoms with Crippen molar-refractivity contribution in [2.75, 3.05) is 20.1 Å². The van der Waals surface area contributed by atoms with Crippen molar-refractivity contribution in [2.24, 2.45) is 7.05 Å². The minimum Gasteiger partial charge on any atom is -0.308 e. The quantitative estimate of drug-likeness (QED) is 0.862. The van der Waals surface area contributed by atoms with Gasteiger partial charge in [-0.1, -0.05) is 5.21 Å². The molecule has 0 unspecified atom stereocenters. The van der Waals surface area contributed by atoms with Crippen LogP contribution in [-0.4, -0.2) is 55.9 Å². The minimum atomic E-state index is 0.589. The average molecular weight is 275 g/mol. The van der Waals surface area contributed by atoms with E-state index in [9.17, 15) is 0 Å². The summed E-state index contributed by atoms with van der Waals surface area (Å²) < 4.78 is 3.47. The zero-order chi connectivity index (χ0) is 13.9. The molecule has 2 aromatic heterocycles. The van der Waals surface area contributed by atoms with Gasteiger partial charge in [-0.2, -0.15) is 5.10 Å². The number of likely N-dealkylation sites (tertiary alicyclic amines) is 1. The number of hydrogen-bond acceptors (Lipinski definition) is 5. The van der Waals surface area contributed by atoms with Gasteiger partial charge in [-0.15, -0.1) is 5.10 Å². The molecule has 7 nitrogen and oxygen atoms in total. The number of aromatic nitrogens is 5. The first-order chi connectivity index (χ1) is 9.70. The van der Waals surface area contributed by atoms with E-state index >= 15 is 0 Å². The first-order valence-electron chi connectivity index (χ1n) is 7.04. The molecule has 108 valence electrons. The maximum atomic E-state index is 4.30. The molecule has 3 heterocycles. The number of aryl methyl sites for hydroxylation is 1. The van der Waals surface area contributed by atoms with E-state index in [4.69, 9.17) is 0 Å². The molecular weight excluding hydrogens is 254 g/mol. The Hall–Kier alpha value is -1.73. The Kier molecular flexibility index (Phi) is 3.79. The molecule has 0 spiro atoms. The second-order valence-corrected chi connectivity index (χ2v) is 5.46. The van der Waals surface area contributed by atoms with Crippen LogP contribution in [-0.2, 0) is 13.6 Å². The van der Waals surface area contributed by atoms with Crippen LogP contribution >= 0.6 is 0 Å². The summed E-state index contributed by atoms with van der Waals surface area (Å²) in [6.07, 6.45) is 6.23. The van der Waals surface area contributed by atoms with Gasteiger partial charge in [-0.25, -0.2) is 4.68 Å². The third-order valence-corrected chi connectivity index (χ3v) is 3.77. The standard InChI is InChI=1S/C13H21N7/c1-18-6-3-11(4-7-18)14-9-12-10-20(17-15-12)13-5-8-19(2)16-13/h5,8,10-11,14H,3-4,6-7,9H2,1-2H3. The van der Waals surface area contributed by atoms with E-state index < -0.39 is 0 Å². The van der Waals surface area contributed by atoms with Crippen molar-refractivity contribution in [1.29, 1.82) is 0 Å². The predicted molar refractivity (Wildman–Crippen MR) is 75.5 cm³/mol. The Morgan fingerprint density at radius 2 is 2.10 bits per heavy atom. The van der Waals surface area contributed by atoms with Crippen molar-refractivity contribution in [2.45, 2.75) is 25.4 Å². The van der Waals surface area contributed by atoms with Crippen LogP contribution in [0.2, 0.25) is 0 Å². The molecule has 0 amide bonds. The molecule has 1 aliphatic rings. The van der Waals surface area contributed by atoms with Crippen molar-refractivity contribution in [3.63, 3.8) is 0 Å². The van der Waals surface area contributed by atoms with Gasteiger partial charge in [0.1, 0.15) is 0 Å². The zero-order valence-electron chi connectivity index (χ0n) is 12.0. The molecule has 0 atom stereocenters. The maximum absolute atomic E-state index is 4.30. The Morgan fingerprint density at radius 1 is 1.30 bits per heavy atom. The molecule has 0 bridgehead atoms. The van der Waals surface area contributed by atoms with Crippen LogP contribution in [0.1, 0.15) is 18.5 Å². The van der Waals surface area contributed by atoms with E-state index in [1.807, 2.05) is 25.5 Å². The van der Waals surface area contributed by atoms with Gasteiger partial charge in [0, 0.05) is 31.9 Å². The van der Waals surface area contributed by atoms with E-state index in [0.29, 0.717) is 6.04 Å². The second-order valence-electron chi connectivity index (χ2n) is 5.46. The van der Waals surface area contributed by atoms with Gasteiger partial charge in [0.15, 0.2) is 5.82 Å². The van der Waals surface area contributed by atoms with Crippen molar-refractivity contribution >= 4 is 0 Å². The highest BCUT2D eigenvalue weighted by molar-refractivity contribution is 5.18. The second kappa shape index (κ2) is 5.72. The van der Waals surface area contributed by atoms with Crippen LogP contribution in [0.3, 0.4) is 0 Å². The third-order valence-electron chi connectivity index (χ3n) is 3.77. The van der Waals surface area contributed by atoms with Gasteiger partial charge in [0.05, 0.1) is 11.9 Å². The average Bonchev–Trinajstić information content (AvgIpc) is 3.07. The zero-order valence-corrected chi connectivity index (χ0v) is 12.0. The summed E-state index contributed by atoms with van der Waals surface area (Å²) in [6, 6.07) is 2.51. The Labute approximate surface area is 118 Å². The molecule has 1 fully saturated rings. The molecule has 0 aromatic carbocycles. The Balaban J connectivity index is 1.55. The van der Waals surface area contributed by atoms with Crippen molar-refractivity contribution in [1.82, 2.24) is 35.0 Å². The van der Waals surface area contributed by atoms with E-state index in [1.165, 1.54) is 12.8 Å². The van der Waals surface area contributed by atoms with Crippen LogP contribution in [0.25, 0.3) is 5.82 Å². The summed E-state index contributed by atoms with van der Waals surface area (Å²) >= 11 is 0. The summed E-state index contributed by atoms with van der Waals surface area (Å²) in [7, 11) is 4.07. The van der Waals surface area contributed by atoms with Gasteiger partial charge in [-0.05, 0) is 33.0 Å². The number of nitrogens with zero attached hydrogens (tertiary/aromatic N) is 6. The van der Waals surface area contributed by atoms with Crippen LogP contribution in [0.4, 0.5) is 0 Å². The lowest BCUT2D eigenvalue weighted by molar-refractivity contribution is 0.233. The van der Waals surface area contributed by atoms with E-state index in [1.54, 1.807) is 9.36 Å². The number of nitrogens with one attached hydrogen (secondary N) is 1. The van der Waals surface area contributed by atoms with Crippen molar-refractivity contribution < 1.29 is 0 Å². The van der Waals surface area contributed by atoms with Crippen molar-refractivity contribution in [3.05, 3.63) is 24.2 Å². The lowest BCUT2D eigenvalue weighted by Gasteiger charge is -2.29. The molecule has 0 aliphatic carbocycles. The SMILES string of the molecule is CN1CCC(NCc2cn(-c3ccn(C)n3)nn2)CC1. The highest BCUT2D eigenvalue weighted by Gasteiger charge is 2.16. The first-order valence-corrected chi connectivity index (χ1v) is 7.04. The largest absolute Gasteiger partial charge is 0.308 e. The van der Waals surface area contributed by atoms with Crippen LogP contribution in [0.5, 0.6) is 0 Å².